The zero-order valence-corrected chi connectivity index (χ0v) is 17.6. The van der Waals surface area contributed by atoms with Crippen LogP contribution in [0.3, 0.4) is 0 Å². The molecule has 7 nitrogen and oxygen atoms in total. The minimum absolute atomic E-state index is 0.200. The number of imide groups is 1. The van der Waals surface area contributed by atoms with Gasteiger partial charge in [-0.1, -0.05) is 25.4 Å². The lowest BCUT2D eigenvalue weighted by atomic mass is 9.76. The smallest absolute Gasteiger partial charge is 0.250 e. The fourth-order valence-corrected chi connectivity index (χ4v) is 5.30. The Labute approximate surface area is 175 Å². The van der Waals surface area contributed by atoms with Gasteiger partial charge in [0.25, 0.3) is 0 Å². The third kappa shape index (κ3) is 2.98. The van der Waals surface area contributed by atoms with Crippen LogP contribution in [0.2, 0.25) is 5.02 Å². The van der Waals surface area contributed by atoms with Crippen molar-refractivity contribution in [2.45, 2.75) is 38.3 Å². The number of nitrogens with zero attached hydrogens (tertiary/aromatic N) is 1. The van der Waals surface area contributed by atoms with E-state index in [0.29, 0.717) is 48.2 Å². The summed E-state index contributed by atoms with van der Waals surface area (Å²) < 4.78 is 5.07. The van der Waals surface area contributed by atoms with Crippen molar-refractivity contribution < 1.29 is 19.1 Å². The number of amides is 3. The lowest BCUT2D eigenvalue weighted by Gasteiger charge is -2.30. The lowest BCUT2D eigenvalue weighted by Crippen LogP contribution is -2.53. The number of likely N-dealkylation sites (tertiary alicyclic amines) is 1. The van der Waals surface area contributed by atoms with Crippen molar-refractivity contribution in [1.82, 2.24) is 10.2 Å². The molecule has 3 aliphatic rings. The number of fused-ring (bicyclic) bond motifs is 4. The molecule has 0 aliphatic carbocycles. The van der Waals surface area contributed by atoms with Crippen LogP contribution in [0.5, 0.6) is 0 Å². The van der Waals surface area contributed by atoms with Crippen molar-refractivity contribution in [2.24, 2.45) is 17.8 Å². The van der Waals surface area contributed by atoms with E-state index in [1.807, 2.05) is 0 Å². The molecular formula is C21H26ClN3O4. The molecule has 3 amide bonds. The molecule has 3 aliphatic heterocycles. The van der Waals surface area contributed by atoms with Gasteiger partial charge in [0.1, 0.15) is 5.54 Å². The van der Waals surface area contributed by atoms with Crippen LogP contribution in [0, 0.1) is 17.8 Å². The molecule has 4 atom stereocenters. The molecule has 8 heteroatoms. The number of hydrogen-bond donors (Lipinski definition) is 2. The molecule has 0 bridgehead atoms. The molecule has 1 spiro atoms. The minimum atomic E-state index is -1.27. The molecule has 0 unspecified atom stereocenters. The average molecular weight is 420 g/mol. The molecule has 0 aromatic heterocycles. The Morgan fingerprint density at radius 2 is 2.00 bits per heavy atom. The summed E-state index contributed by atoms with van der Waals surface area (Å²) in [6, 6.07) is 4.91. The van der Waals surface area contributed by atoms with Gasteiger partial charge >= 0.3 is 0 Å². The van der Waals surface area contributed by atoms with Crippen molar-refractivity contribution in [1.29, 1.82) is 0 Å². The van der Waals surface area contributed by atoms with Crippen LogP contribution in [0.4, 0.5) is 5.69 Å². The van der Waals surface area contributed by atoms with Gasteiger partial charge in [0.05, 0.1) is 11.8 Å². The average Bonchev–Trinajstić information content (AvgIpc) is 3.22. The maximum Gasteiger partial charge on any atom is 0.250 e. The van der Waals surface area contributed by atoms with Crippen LogP contribution in [-0.4, -0.2) is 48.9 Å². The highest BCUT2D eigenvalue weighted by atomic mass is 35.5. The molecule has 156 valence electrons. The van der Waals surface area contributed by atoms with E-state index in [-0.39, 0.29) is 23.8 Å². The lowest BCUT2D eigenvalue weighted by molar-refractivity contribution is -0.143. The van der Waals surface area contributed by atoms with Crippen LogP contribution in [0.25, 0.3) is 0 Å². The molecule has 0 radical (unpaired) electrons. The zero-order valence-electron chi connectivity index (χ0n) is 16.8. The van der Waals surface area contributed by atoms with E-state index in [9.17, 15) is 14.4 Å². The van der Waals surface area contributed by atoms with Crippen LogP contribution >= 0.6 is 11.6 Å². The third-order valence-electron chi connectivity index (χ3n) is 6.22. The number of halogens is 1. The number of benzene rings is 1. The second-order valence-corrected chi connectivity index (χ2v) is 8.95. The molecule has 3 heterocycles. The summed E-state index contributed by atoms with van der Waals surface area (Å²) in [5, 5.41) is 6.79. The standard InChI is InChI=1S/C21H26ClN3O4/c1-11(2)9-15-16-17(19(27)25(18(16)26)7-4-8-29-3)21(24-15)13-10-12(22)5-6-14(13)23-20(21)28/h5-6,10-11,15-17,24H,4,7-9H2,1-3H3,(H,23,28)/t15-,16+,17-,21+/m0/s1. The van der Waals surface area contributed by atoms with E-state index < -0.39 is 17.4 Å². The number of anilines is 1. The first-order chi connectivity index (χ1) is 13.8. The molecule has 29 heavy (non-hydrogen) atoms. The fourth-order valence-electron chi connectivity index (χ4n) is 5.13. The van der Waals surface area contributed by atoms with Gasteiger partial charge in [-0.15, -0.1) is 0 Å². The maximum atomic E-state index is 13.4. The number of nitrogens with one attached hydrogen (secondary N) is 2. The largest absolute Gasteiger partial charge is 0.385 e. The van der Waals surface area contributed by atoms with Gasteiger partial charge < -0.3 is 10.1 Å². The Hall–Kier alpha value is -1.96. The molecule has 1 aromatic carbocycles. The highest BCUT2D eigenvalue weighted by Crippen LogP contribution is 2.54. The highest BCUT2D eigenvalue weighted by molar-refractivity contribution is 6.31. The monoisotopic (exact) mass is 419 g/mol. The van der Waals surface area contributed by atoms with Crippen molar-refractivity contribution in [2.75, 3.05) is 25.6 Å². The first-order valence-corrected chi connectivity index (χ1v) is 10.4. The molecular weight excluding hydrogens is 394 g/mol. The summed E-state index contributed by atoms with van der Waals surface area (Å²) in [6.45, 7) is 4.90. The Morgan fingerprint density at radius 3 is 2.69 bits per heavy atom. The normalized spacial score (nSPS) is 30.4. The van der Waals surface area contributed by atoms with E-state index >= 15 is 0 Å². The number of carbonyl (C=O) groups excluding carboxylic acids is 3. The maximum absolute atomic E-state index is 13.4. The SMILES string of the molecule is COCCCN1C(=O)[C@@H]2[C@H](CC(C)C)N[C@@]3(C(=O)Nc4ccc(Cl)cc43)[C@@H]2C1=O. The van der Waals surface area contributed by atoms with Gasteiger partial charge in [-0.25, -0.2) is 0 Å². The number of rotatable bonds is 6. The first kappa shape index (κ1) is 20.3. The van der Waals surface area contributed by atoms with E-state index in [0.717, 1.165) is 0 Å². The Morgan fingerprint density at radius 1 is 1.24 bits per heavy atom. The number of hydrogen-bond acceptors (Lipinski definition) is 5. The summed E-state index contributed by atoms with van der Waals surface area (Å²) in [5.41, 5.74) is 0.0118. The second kappa shape index (κ2) is 7.38. The quantitative estimate of drug-likeness (QED) is 0.545. The third-order valence-corrected chi connectivity index (χ3v) is 6.46. The van der Waals surface area contributed by atoms with Crippen LogP contribution < -0.4 is 10.6 Å². The molecule has 2 saturated heterocycles. The van der Waals surface area contributed by atoms with Gasteiger partial charge in [-0.2, -0.15) is 0 Å². The summed E-state index contributed by atoms with van der Waals surface area (Å²) in [5.74, 6) is -1.83. The summed E-state index contributed by atoms with van der Waals surface area (Å²) >= 11 is 6.23. The van der Waals surface area contributed by atoms with E-state index in [2.05, 4.69) is 24.5 Å². The molecule has 2 fully saturated rings. The van der Waals surface area contributed by atoms with Gasteiger partial charge in [0, 0.05) is 42.6 Å². The number of carbonyl (C=O) groups is 3. The van der Waals surface area contributed by atoms with Crippen molar-refractivity contribution in [3.05, 3.63) is 28.8 Å². The molecule has 4 rings (SSSR count). The topological polar surface area (TPSA) is 87.7 Å². The molecule has 2 N–H and O–H groups in total. The van der Waals surface area contributed by atoms with Crippen LogP contribution in [0.1, 0.15) is 32.3 Å². The number of methoxy groups -OCH3 is 1. The van der Waals surface area contributed by atoms with Crippen molar-refractivity contribution in [3.63, 3.8) is 0 Å². The van der Waals surface area contributed by atoms with Gasteiger partial charge in [-0.05, 0) is 37.0 Å². The number of ether oxygens (including phenoxy) is 1. The van der Waals surface area contributed by atoms with Crippen molar-refractivity contribution in [3.8, 4) is 0 Å². The predicted octanol–water partition coefficient (Wildman–Crippen LogP) is 2.14. The van der Waals surface area contributed by atoms with Crippen LogP contribution in [0.15, 0.2) is 18.2 Å². The minimum Gasteiger partial charge on any atom is -0.385 e. The Balaban J connectivity index is 1.79. The summed E-state index contributed by atoms with van der Waals surface area (Å²) in [4.78, 5) is 41.3. The molecule has 1 aromatic rings. The molecule has 0 saturated carbocycles. The van der Waals surface area contributed by atoms with E-state index in [1.165, 1.54) is 4.90 Å². The van der Waals surface area contributed by atoms with Gasteiger partial charge in [-0.3, -0.25) is 24.6 Å². The van der Waals surface area contributed by atoms with Crippen molar-refractivity contribution >= 4 is 35.0 Å². The first-order valence-electron chi connectivity index (χ1n) is 10.0. The highest BCUT2D eigenvalue weighted by Gasteiger charge is 2.70. The Bertz CT molecular complexity index is 873. The van der Waals surface area contributed by atoms with Crippen LogP contribution in [-0.2, 0) is 24.7 Å². The predicted molar refractivity (Wildman–Crippen MR) is 108 cm³/mol. The second-order valence-electron chi connectivity index (χ2n) is 8.51. The van der Waals surface area contributed by atoms with E-state index in [1.54, 1.807) is 25.3 Å². The zero-order chi connectivity index (χ0) is 20.9. The summed E-state index contributed by atoms with van der Waals surface area (Å²) in [6.07, 6.45) is 1.26. The summed E-state index contributed by atoms with van der Waals surface area (Å²) in [7, 11) is 1.59. The fraction of sp³-hybridized carbons (Fsp3) is 0.571. The van der Waals surface area contributed by atoms with E-state index in [4.69, 9.17) is 16.3 Å². The Kier molecular flexibility index (Phi) is 5.17. The van der Waals surface area contributed by atoms with Gasteiger partial charge in [0.15, 0.2) is 0 Å². The van der Waals surface area contributed by atoms with Gasteiger partial charge in [0.2, 0.25) is 17.7 Å².